The molecule has 6 nitrogen and oxygen atoms in total. The minimum atomic E-state index is 0.577. The predicted molar refractivity (Wildman–Crippen MR) is 191 cm³/mol. The Labute approximate surface area is 273 Å². The highest BCUT2D eigenvalue weighted by atomic mass is 15.0. The largest absolute Gasteiger partial charge is 0.208 e. The average molecular weight is 607 g/mol. The van der Waals surface area contributed by atoms with Crippen molar-refractivity contribution in [1.82, 2.24) is 29.9 Å². The summed E-state index contributed by atoms with van der Waals surface area (Å²) in [4.78, 5) is 29.7. The van der Waals surface area contributed by atoms with E-state index in [-0.39, 0.29) is 0 Å². The van der Waals surface area contributed by atoms with Gasteiger partial charge in [0.25, 0.3) is 0 Å². The highest BCUT2D eigenvalue weighted by Gasteiger charge is 2.18. The molecule has 0 atom stereocenters. The van der Waals surface area contributed by atoms with Crippen molar-refractivity contribution >= 4 is 16.3 Å². The van der Waals surface area contributed by atoms with E-state index in [9.17, 15) is 0 Å². The third-order valence-corrected chi connectivity index (χ3v) is 7.75. The summed E-state index contributed by atoms with van der Waals surface area (Å²) in [6, 6.07) is 42.3. The van der Waals surface area contributed by atoms with Crippen LogP contribution in [0.4, 0.5) is 0 Å². The maximum Gasteiger partial charge on any atom is 0.164 e. The summed E-state index contributed by atoms with van der Waals surface area (Å²) in [5.74, 6) is 3.58. The Morgan fingerprint density at radius 2 is 0.851 bits per heavy atom. The monoisotopic (exact) mass is 606 g/mol. The van der Waals surface area contributed by atoms with Crippen molar-refractivity contribution in [2.24, 2.45) is 0 Å². The summed E-state index contributed by atoms with van der Waals surface area (Å²) in [5, 5.41) is 1.96. The normalized spacial score (nSPS) is 11.6. The van der Waals surface area contributed by atoms with Crippen LogP contribution in [-0.4, -0.2) is 29.9 Å². The van der Waals surface area contributed by atoms with E-state index < -0.39 is 0 Å². The molecule has 0 N–H and O–H groups in total. The first kappa shape index (κ1) is 29.3. The van der Waals surface area contributed by atoms with Gasteiger partial charge >= 0.3 is 0 Å². The first-order valence-electron chi connectivity index (χ1n) is 15.4. The molecule has 0 fully saturated rings. The van der Waals surface area contributed by atoms with E-state index in [0.29, 0.717) is 34.9 Å². The Kier molecular flexibility index (Phi) is 8.30. The minimum Gasteiger partial charge on any atom is -0.208 e. The molecule has 0 aliphatic rings. The smallest absolute Gasteiger partial charge is 0.164 e. The summed E-state index contributed by atoms with van der Waals surface area (Å²) in [5.41, 5.74) is 5.40. The summed E-state index contributed by atoms with van der Waals surface area (Å²) >= 11 is 0. The lowest BCUT2D eigenvalue weighted by Gasteiger charge is -2.13. The van der Waals surface area contributed by atoms with E-state index in [2.05, 4.69) is 30.8 Å². The van der Waals surface area contributed by atoms with Gasteiger partial charge in [-0.1, -0.05) is 146 Å². The molecule has 47 heavy (non-hydrogen) atoms. The molecule has 0 spiro atoms. The van der Waals surface area contributed by atoms with E-state index in [0.717, 1.165) is 44.2 Å². The third-order valence-electron chi connectivity index (χ3n) is 7.75. The fourth-order valence-corrected chi connectivity index (χ4v) is 5.43. The van der Waals surface area contributed by atoms with Gasteiger partial charge in [0.15, 0.2) is 34.9 Å². The number of hydrogen-bond acceptors (Lipinski definition) is 6. The summed E-state index contributed by atoms with van der Waals surface area (Å²) in [6.45, 7) is 5.80. The molecule has 7 aromatic rings. The third kappa shape index (κ3) is 6.13. The molecular weight excluding hydrogens is 576 g/mol. The van der Waals surface area contributed by atoms with Gasteiger partial charge in [0, 0.05) is 33.4 Å². The van der Waals surface area contributed by atoms with Crippen molar-refractivity contribution < 1.29 is 0 Å². The lowest BCUT2D eigenvalue weighted by Crippen LogP contribution is -2.03. The number of benzene rings is 5. The highest BCUT2D eigenvalue weighted by molar-refractivity contribution is 6.03. The molecule has 224 valence electrons. The van der Waals surface area contributed by atoms with Crippen molar-refractivity contribution in [3.8, 4) is 56.9 Å². The van der Waals surface area contributed by atoms with Gasteiger partial charge in [-0.05, 0) is 29.8 Å². The number of fused-ring (bicyclic) bond motifs is 1. The van der Waals surface area contributed by atoms with Crippen LogP contribution in [0.3, 0.4) is 0 Å². The lowest BCUT2D eigenvalue weighted by atomic mass is 9.98. The average Bonchev–Trinajstić information content (AvgIpc) is 3.15. The zero-order valence-corrected chi connectivity index (χ0v) is 25.8. The number of allylic oxidation sites excluding steroid dienone is 5. The van der Waals surface area contributed by atoms with Crippen LogP contribution in [0, 0.1) is 0 Å². The van der Waals surface area contributed by atoms with Gasteiger partial charge in [-0.3, -0.25) is 0 Å². The molecule has 5 aromatic carbocycles. The zero-order valence-electron chi connectivity index (χ0n) is 25.8. The van der Waals surface area contributed by atoms with Crippen LogP contribution in [0.25, 0.3) is 73.3 Å². The number of hydrogen-bond donors (Lipinski definition) is 0. The standard InChI is InChI=1S/C41H30N6/c1-3-5-17-28(4-2)36-42-37(29-18-9-6-10-19-29)45-40(44-36)34-26-27-35(33-25-16-15-24-32(33)34)41-46-38(30-20-11-7-12-21-30)43-39(47-41)31-22-13-8-14-23-31/h3-27H,1H2,2H3/b17-5-,28-4+. The zero-order chi connectivity index (χ0) is 32.0. The Morgan fingerprint density at radius 1 is 0.468 bits per heavy atom. The predicted octanol–water partition coefficient (Wildman–Crippen LogP) is 9.69. The fraction of sp³-hybridized carbons (Fsp3) is 0.0244. The second-order valence-electron chi connectivity index (χ2n) is 10.8. The Morgan fingerprint density at radius 3 is 1.30 bits per heavy atom. The van der Waals surface area contributed by atoms with Crippen molar-refractivity contribution in [1.29, 1.82) is 0 Å². The van der Waals surface area contributed by atoms with Crippen LogP contribution in [0.1, 0.15) is 12.7 Å². The van der Waals surface area contributed by atoms with E-state index in [4.69, 9.17) is 29.9 Å². The van der Waals surface area contributed by atoms with Crippen LogP contribution in [0.2, 0.25) is 0 Å². The molecule has 2 aromatic heterocycles. The molecule has 0 amide bonds. The van der Waals surface area contributed by atoms with Crippen molar-refractivity contribution in [2.45, 2.75) is 6.92 Å². The topological polar surface area (TPSA) is 77.3 Å². The molecule has 6 heteroatoms. The molecule has 2 heterocycles. The van der Waals surface area contributed by atoms with Gasteiger partial charge in [0.2, 0.25) is 0 Å². The van der Waals surface area contributed by atoms with Crippen molar-refractivity contribution in [2.75, 3.05) is 0 Å². The van der Waals surface area contributed by atoms with Crippen molar-refractivity contribution in [3.63, 3.8) is 0 Å². The second-order valence-corrected chi connectivity index (χ2v) is 10.8. The molecule has 0 unspecified atom stereocenters. The van der Waals surface area contributed by atoms with Crippen LogP contribution < -0.4 is 0 Å². The van der Waals surface area contributed by atoms with Gasteiger partial charge in [-0.2, -0.15) is 0 Å². The molecule has 7 rings (SSSR count). The number of rotatable bonds is 8. The number of nitrogens with zero attached hydrogens (tertiary/aromatic N) is 6. The first-order chi connectivity index (χ1) is 23.2. The highest BCUT2D eigenvalue weighted by Crippen LogP contribution is 2.35. The van der Waals surface area contributed by atoms with Crippen molar-refractivity contribution in [3.05, 3.63) is 164 Å². The molecule has 0 aliphatic carbocycles. The van der Waals surface area contributed by atoms with Gasteiger partial charge in [0.1, 0.15) is 0 Å². The van der Waals surface area contributed by atoms with Crippen LogP contribution >= 0.6 is 0 Å². The van der Waals surface area contributed by atoms with Crippen LogP contribution in [0.15, 0.2) is 158 Å². The van der Waals surface area contributed by atoms with Crippen LogP contribution in [-0.2, 0) is 0 Å². The summed E-state index contributed by atoms with van der Waals surface area (Å²) in [6.07, 6.45) is 7.57. The van der Waals surface area contributed by atoms with Gasteiger partial charge < -0.3 is 0 Å². The minimum absolute atomic E-state index is 0.577. The van der Waals surface area contributed by atoms with Gasteiger partial charge in [-0.15, -0.1) is 0 Å². The van der Waals surface area contributed by atoms with Gasteiger partial charge in [-0.25, -0.2) is 29.9 Å². The van der Waals surface area contributed by atoms with Crippen LogP contribution in [0.5, 0.6) is 0 Å². The van der Waals surface area contributed by atoms with E-state index in [1.807, 2.05) is 128 Å². The number of aromatic nitrogens is 6. The maximum atomic E-state index is 5.00. The SMILES string of the molecule is C=C/C=C\C(=C/C)c1nc(-c2ccccc2)nc(-c2ccc(-c3nc(-c4ccccc4)nc(-c4ccccc4)n3)c3ccccc23)n1. The second kappa shape index (κ2) is 13.3. The Balaban J connectivity index is 1.43. The van der Waals surface area contributed by atoms with Gasteiger partial charge in [0.05, 0.1) is 0 Å². The maximum absolute atomic E-state index is 5.00. The summed E-state index contributed by atoms with van der Waals surface area (Å²) < 4.78 is 0. The Hall–Kier alpha value is -6.40. The quantitative estimate of drug-likeness (QED) is 0.160. The molecule has 0 saturated carbocycles. The molecule has 0 aliphatic heterocycles. The molecule has 0 radical (unpaired) electrons. The Bertz CT molecular complexity index is 2200. The molecular formula is C41H30N6. The lowest BCUT2D eigenvalue weighted by molar-refractivity contribution is 1.04. The molecule has 0 saturated heterocycles. The van der Waals surface area contributed by atoms with E-state index in [1.54, 1.807) is 6.08 Å². The fourth-order valence-electron chi connectivity index (χ4n) is 5.43. The first-order valence-corrected chi connectivity index (χ1v) is 15.4. The summed E-state index contributed by atoms with van der Waals surface area (Å²) in [7, 11) is 0. The van der Waals surface area contributed by atoms with E-state index in [1.165, 1.54) is 0 Å². The van der Waals surface area contributed by atoms with E-state index >= 15 is 0 Å². The molecule has 0 bridgehead atoms.